The number of imide groups is 1. The van der Waals surface area contributed by atoms with Crippen molar-refractivity contribution in [2.45, 2.75) is 13.5 Å². The van der Waals surface area contributed by atoms with Crippen molar-refractivity contribution < 1.29 is 19.1 Å². The average molecular weight is 510 g/mol. The van der Waals surface area contributed by atoms with E-state index in [-0.39, 0.29) is 12.3 Å². The van der Waals surface area contributed by atoms with Gasteiger partial charge in [-0.2, -0.15) is 0 Å². The van der Waals surface area contributed by atoms with Gasteiger partial charge in [-0.1, -0.05) is 59.6 Å². The first-order chi connectivity index (χ1) is 16.8. The lowest BCUT2D eigenvalue weighted by Gasteiger charge is -2.12. The Morgan fingerprint density at radius 2 is 1.83 bits per heavy atom. The standard InChI is InChI=1S/C26H21Cl2N3O4/c1-16-5-4-7-19(11-16)29-24(32)14-31-25(33)22(30-26(31)34)13-18-6-2-3-8-23(18)35-15-17-9-10-20(27)21(28)12-17/h2-13H,14-15H2,1H3,(H,29,32)(H,30,34)/b22-13+. The molecular formula is C26H21Cl2N3O4. The maximum Gasteiger partial charge on any atom is 0.329 e. The second-order valence-corrected chi connectivity index (χ2v) is 8.69. The number of rotatable bonds is 7. The molecule has 1 heterocycles. The lowest BCUT2D eigenvalue weighted by atomic mass is 10.1. The number of para-hydroxylation sites is 1. The maximum absolute atomic E-state index is 12.8. The molecule has 35 heavy (non-hydrogen) atoms. The zero-order valence-electron chi connectivity index (χ0n) is 18.7. The first-order valence-electron chi connectivity index (χ1n) is 10.7. The van der Waals surface area contributed by atoms with E-state index in [4.69, 9.17) is 27.9 Å². The fourth-order valence-corrected chi connectivity index (χ4v) is 3.78. The van der Waals surface area contributed by atoms with E-state index in [1.165, 1.54) is 6.08 Å². The molecule has 178 valence electrons. The summed E-state index contributed by atoms with van der Waals surface area (Å²) in [6, 6.07) is 18.8. The van der Waals surface area contributed by atoms with Crippen LogP contribution >= 0.6 is 23.2 Å². The van der Waals surface area contributed by atoms with Gasteiger partial charge in [0.2, 0.25) is 5.91 Å². The molecule has 0 aliphatic carbocycles. The number of halogens is 2. The van der Waals surface area contributed by atoms with Crippen molar-refractivity contribution in [2.24, 2.45) is 0 Å². The Balaban J connectivity index is 1.45. The number of benzene rings is 3. The molecule has 0 spiro atoms. The number of carbonyl (C=O) groups is 3. The van der Waals surface area contributed by atoms with E-state index in [9.17, 15) is 14.4 Å². The third-order valence-electron chi connectivity index (χ3n) is 5.16. The van der Waals surface area contributed by atoms with Gasteiger partial charge in [-0.25, -0.2) is 9.69 Å². The molecule has 1 saturated heterocycles. The number of hydrogen-bond donors (Lipinski definition) is 2. The Morgan fingerprint density at radius 1 is 1.03 bits per heavy atom. The van der Waals surface area contributed by atoms with Gasteiger partial charge in [0.1, 0.15) is 24.6 Å². The number of anilines is 1. The molecule has 0 saturated carbocycles. The summed E-state index contributed by atoms with van der Waals surface area (Å²) in [5, 5.41) is 6.10. The van der Waals surface area contributed by atoms with Crippen LogP contribution in [0, 0.1) is 6.92 Å². The third-order valence-corrected chi connectivity index (χ3v) is 5.90. The second-order valence-electron chi connectivity index (χ2n) is 7.87. The van der Waals surface area contributed by atoms with Crippen LogP contribution in [0.1, 0.15) is 16.7 Å². The van der Waals surface area contributed by atoms with E-state index in [0.717, 1.165) is 16.0 Å². The molecule has 3 aromatic rings. The second kappa shape index (κ2) is 10.6. The van der Waals surface area contributed by atoms with Crippen LogP contribution in [0.25, 0.3) is 6.08 Å². The summed E-state index contributed by atoms with van der Waals surface area (Å²) in [7, 11) is 0. The highest BCUT2D eigenvalue weighted by Crippen LogP contribution is 2.26. The summed E-state index contributed by atoms with van der Waals surface area (Å²) in [6.07, 6.45) is 1.52. The number of hydrogen-bond acceptors (Lipinski definition) is 4. The number of amides is 4. The fourth-order valence-electron chi connectivity index (χ4n) is 3.46. The summed E-state index contributed by atoms with van der Waals surface area (Å²) in [5.41, 5.74) is 3.01. The minimum Gasteiger partial charge on any atom is -0.488 e. The summed E-state index contributed by atoms with van der Waals surface area (Å²) in [5.74, 6) is -0.580. The van der Waals surface area contributed by atoms with Crippen LogP contribution in [-0.2, 0) is 16.2 Å². The van der Waals surface area contributed by atoms with Crippen LogP contribution in [0.2, 0.25) is 10.0 Å². The smallest absolute Gasteiger partial charge is 0.329 e. The largest absolute Gasteiger partial charge is 0.488 e. The van der Waals surface area contributed by atoms with Crippen LogP contribution < -0.4 is 15.4 Å². The van der Waals surface area contributed by atoms with Crippen molar-refractivity contribution in [3.05, 3.63) is 99.2 Å². The normalized spacial score (nSPS) is 14.3. The van der Waals surface area contributed by atoms with E-state index in [1.54, 1.807) is 60.7 Å². The van der Waals surface area contributed by atoms with Crippen LogP contribution in [0.5, 0.6) is 5.75 Å². The predicted octanol–water partition coefficient (Wildman–Crippen LogP) is 5.41. The van der Waals surface area contributed by atoms with Gasteiger partial charge in [0.25, 0.3) is 5.91 Å². The minimum absolute atomic E-state index is 0.0453. The number of urea groups is 1. The van der Waals surface area contributed by atoms with E-state index in [1.807, 2.05) is 13.0 Å². The van der Waals surface area contributed by atoms with Gasteiger partial charge >= 0.3 is 6.03 Å². The number of ether oxygens (including phenoxy) is 1. The Labute approximate surface area is 212 Å². The van der Waals surface area contributed by atoms with Crippen LogP contribution in [0.15, 0.2) is 72.4 Å². The van der Waals surface area contributed by atoms with Gasteiger partial charge < -0.3 is 15.4 Å². The molecule has 4 amide bonds. The lowest BCUT2D eigenvalue weighted by Crippen LogP contribution is -2.38. The van der Waals surface area contributed by atoms with Gasteiger partial charge in [0.15, 0.2) is 0 Å². The van der Waals surface area contributed by atoms with E-state index in [0.29, 0.717) is 27.0 Å². The van der Waals surface area contributed by atoms with Crippen molar-refractivity contribution in [3.63, 3.8) is 0 Å². The first kappa shape index (κ1) is 24.3. The first-order valence-corrected chi connectivity index (χ1v) is 11.4. The molecule has 9 heteroatoms. The Bertz CT molecular complexity index is 1340. The summed E-state index contributed by atoms with van der Waals surface area (Å²) >= 11 is 12.0. The third kappa shape index (κ3) is 6.01. The highest BCUT2D eigenvalue weighted by Gasteiger charge is 2.35. The van der Waals surface area contributed by atoms with Crippen molar-refractivity contribution in [1.82, 2.24) is 10.2 Å². The number of carbonyl (C=O) groups excluding carboxylic acids is 3. The molecule has 0 bridgehead atoms. The highest BCUT2D eigenvalue weighted by atomic mass is 35.5. The van der Waals surface area contributed by atoms with Gasteiger partial charge in [0.05, 0.1) is 10.0 Å². The van der Waals surface area contributed by atoms with E-state index < -0.39 is 24.4 Å². The molecule has 1 aliphatic rings. The Morgan fingerprint density at radius 3 is 2.60 bits per heavy atom. The Hall–Kier alpha value is -3.81. The monoisotopic (exact) mass is 509 g/mol. The molecule has 4 rings (SSSR count). The molecule has 2 N–H and O–H groups in total. The maximum atomic E-state index is 12.8. The van der Waals surface area contributed by atoms with Gasteiger partial charge in [0, 0.05) is 11.3 Å². The molecule has 0 aromatic heterocycles. The van der Waals surface area contributed by atoms with Crippen molar-refractivity contribution in [1.29, 1.82) is 0 Å². The Kier molecular flexibility index (Phi) is 7.39. The molecule has 0 unspecified atom stereocenters. The molecule has 1 fully saturated rings. The minimum atomic E-state index is -0.671. The zero-order chi connectivity index (χ0) is 24.9. The lowest BCUT2D eigenvalue weighted by molar-refractivity contribution is -0.127. The van der Waals surface area contributed by atoms with Gasteiger partial charge in [-0.15, -0.1) is 0 Å². The van der Waals surface area contributed by atoms with Gasteiger partial charge in [-0.05, 0) is 54.5 Å². The summed E-state index contributed by atoms with van der Waals surface area (Å²) < 4.78 is 5.91. The van der Waals surface area contributed by atoms with Crippen LogP contribution in [0.3, 0.4) is 0 Å². The summed E-state index contributed by atoms with van der Waals surface area (Å²) in [4.78, 5) is 38.5. The van der Waals surface area contributed by atoms with Crippen molar-refractivity contribution in [3.8, 4) is 5.75 Å². The van der Waals surface area contributed by atoms with Crippen LogP contribution in [0.4, 0.5) is 10.5 Å². The number of nitrogens with one attached hydrogen (secondary N) is 2. The van der Waals surface area contributed by atoms with E-state index in [2.05, 4.69) is 10.6 Å². The van der Waals surface area contributed by atoms with Crippen molar-refractivity contribution >= 4 is 52.8 Å². The fraction of sp³-hybridized carbons (Fsp3) is 0.115. The van der Waals surface area contributed by atoms with Crippen molar-refractivity contribution in [2.75, 3.05) is 11.9 Å². The molecule has 3 aromatic carbocycles. The molecule has 0 radical (unpaired) electrons. The quantitative estimate of drug-likeness (QED) is 0.329. The average Bonchev–Trinajstić information content (AvgIpc) is 3.08. The predicted molar refractivity (Wildman–Crippen MR) is 135 cm³/mol. The number of aryl methyl sites for hydroxylation is 1. The van der Waals surface area contributed by atoms with Gasteiger partial charge in [-0.3, -0.25) is 9.59 Å². The SMILES string of the molecule is Cc1cccc(NC(=O)CN2C(=O)N/C(=C/c3ccccc3OCc3ccc(Cl)c(Cl)c3)C2=O)c1. The van der Waals surface area contributed by atoms with E-state index >= 15 is 0 Å². The molecule has 0 atom stereocenters. The number of nitrogens with zero attached hydrogens (tertiary/aromatic N) is 1. The van der Waals surface area contributed by atoms with Crippen LogP contribution in [-0.4, -0.2) is 29.3 Å². The summed E-state index contributed by atoms with van der Waals surface area (Å²) in [6.45, 7) is 1.71. The molecular weight excluding hydrogens is 489 g/mol. The molecule has 7 nitrogen and oxygen atoms in total. The zero-order valence-corrected chi connectivity index (χ0v) is 20.2. The highest BCUT2D eigenvalue weighted by molar-refractivity contribution is 6.42. The molecule has 1 aliphatic heterocycles. The topological polar surface area (TPSA) is 87.7 Å².